The molecule has 0 amide bonds. The second-order valence-electron chi connectivity index (χ2n) is 6.94. The molecular weight excluding hydrogens is 424 g/mol. The lowest BCUT2D eigenvalue weighted by Gasteiger charge is -2.33. The molecule has 2 aromatic carbocycles. The third-order valence-corrected chi connectivity index (χ3v) is 5.38. The van der Waals surface area contributed by atoms with Crippen molar-refractivity contribution in [3.05, 3.63) is 40.5 Å². The molecular formula is C22H22O10. The highest BCUT2D eigenvalue weighted by Gasteiger charge is 2.44. The van der Waals surface area contributed by atoms with Gasteiger partial charge < -0.3 is 39.4 Å². The van der Waals surface area contributed by atoms with E-state index in [9.17, 15) is 30.0 Å². The minimum Gasteiger partial charge on any atom is -0.502 e. The second-order valence-corrected chi connectivity index (χ2v) is 6.94. The summed E-state index contributed by atoms with van der Waals surface area (Å²) in [5.74, 6) is -6.25. The van der Waals surface area contributed by atoms with Gasteiger partial charge in [0.2, 0.25) is 11.5 Å². The van der Waals surface area contributed by atoms with Crippen molar-refractivity contribution in [2.75, 3.05) is 28.4 Å². The van der Waals surface area contributed by atoms with Gasteiger partial charge in [0.1, 0.15) is 0 Å². The fraction of sp³-hybridized carbons (Fsp3) is 0.273. The lowest BCUT2D eigenvalue weighted by molar-refractivity contribution is -0.144. The van der Waals surface area contributed by atoms with Crippen LogP contribution in [0.4, 0.5) is 0 Å². The van der Waals surface area contributed by atoms with Crippen molar-refractivity contribution >= 4 is 18.0 Å². The van der Waals surface area contributed by atoms with Gasteiger partial charge in [0.25, 0.3) is 0 Å². The second kappa shape index (κ2) is 8.58. The van der Waals surface area contributed by atoms with Crippen LogP contribution in [0, 0.1) is 5.92 Å². The number of carboxylic acid groups (broad SMARTS) is 2. The summed E-state index contributed by atoms with van der Waals surface area (Å²) >= 11 is 0. The molecule has 0 aliphatic heterocycles. The Hall–Kier alpha value is -4.08. The van der Waals surface area contributed by atoms with E-state index in [4.69, 9.17) is 18.9 Å². The van der Waals surface area contributed by atoms with E-state index in [1.165, 1.54) is 52.7 Å². The standard InChI is InChI=1S/C22H22O10/c1-29-12-7-10(8-13(30-2)18(12)23)15-16-9(5-11(21(25)26)17(15)22(27)28)6-14(31-3)19(24)20(16)32-4/h5-8,15,17,23-24H,1-4H3,(H,25,26)(H,27,28)/t15-,17-/m0/s1. The summed E-state index contributed by atoms with van der Waals surface area (Å²) in [5.41, 5.74) is 0.413. The summed E-state index contributed by atoms with van der Waals surface area (Å²) in [5, 5.41) is 40.7. The van der Waals surface area contributed by atoms with Gasteiger partial charge in [-0.1, -0.05) is 0 Å². The molecule has 32 heavy (non-hydrogen) atoms. The zero-order valence-corrected chi connectivity index (χ0v) is 17.7. The molecule has 3 rings (SSSR count). The van der Waals surface area contributed by atoms with Gasteiger partial charge in [-0.3, -0.25) is 4.79 Å². The Kier molecular flexibility index (Phi) is 6.06. The van der Waals surface area contributed by atoms with Gasteiger partial charge in [-0.25, -0.2) is 4.79 Å². The summed E-state index contributed by atoms with van der Waals surface area (Å²) in [6.07, 6.45) is 1.21. The first-order chi connectivity index (χ1) is 15.2. The number of phenolic OH excluding ortho intramolecular Hbond substituents is 2. The molecule has 2 atom stereocenters. The number of rotatable bonds is 7. The van der Waals surface area contributed by atoms with E-state index in [1.807, 2.05) is 0 Å². The van der Waals surface area contributed by atoms with E-state index < -0.39 is 23.8 Å². The molecule has 1 aliphatic carbocycles. The van der Waals surface area contributed by atoms with Crippen molar-refractivity contribution in [2.24, 2.45) is 5.92 Å². The lowest BCUT2D eigenvalue weighted by Crippen LogP contribution is -2.31. The molecule has 0 fully saturated rings. The zero-order chi connectivity index (χ0) is 23.7. The van der Waals surface area contributed by atoms with Gasteiger partial charge >= 0.3 is 11.9 Å². The van der Waals surface area contributed by atoms with Gasteiger partial charge in [0.05, 0.1) is 39.9 Å². The predicted molar refractivity (Wildman–Crippen MR) is 111 cm³/mol. The number of fused-ring (bicyclic) bond motifs is 1. The molecule has 0 heterocycles. The smallest absolute Gasteiger partial charge is 0.332 e. The molecule has 10 heteroatoms. The van der Waals surface area contributed by atoms with E-state index in [2.05, 4.69) is 0 Å². The number of carboxylic acids is 2. The Morgan fingerprint density at radius 2 is 1.34 bits per heavy atom. The largest absolute Gasteiger partial charge is 0.502 e. The van der Waals surface area contributed by atoms with Crippen molar-refractivity contribution < 1.29 is 49.0 Å². The Morgan fingerprint density at radius 1 is 0.812 bits per heavy atom. The average Bonchev–Trinajstić information content (AvgIpc) is 2.77. The summed E-state index contributed by atoms with van der Waals surface area (Å²) < 4.78 is 20.9. The highest BCUT2D eigenvalue weighted by atomic mass is 16.5. The molecule has 4 N–H and O–H groups in total. The molecule has 0 unspecified atom stereocenters. The minimum absolute atomic E-state index is 0.00633. The molecule has 0 saturated heterocycles. The summed E-state index contributed by atoms with van der Waals surface area (Å²) in [4.78, 5) is 24.3. The van der Waals surface area contributed by atoms with Crippen molar-refractivity contribution in [3.63, 3.8) is 0 Å². The van der Waals surface area contributed by atoms with Crippen LogP contribution in [0.25, 0.3) is 6.08 Å². The van der Waals surface area contributed by atoms with Crippen LogP contribution in [-0.4, -0.2) is 60.8 Å². The predicted octanol–water partition coefficient (Wildman–Crippen LogP) is 2.45. The maximum absolute atomic E-state index is 12.3. The van der Waals surface area contributed by atoms with Crippen LogP contribution < -0.4 is 18.9 Å². The summed E-state index contributed by atoms with van der Waals surface area (Å²) in [6, 6.07) is 4.16. The molecule has 0 bridgehead atoms. The molecule has 0 radical (unpaired) electrons. The van der Waals surface area contributed by atoms with E-state index in [1.54, 1.807) is 0 Å². The monoisotopic (exact) mass is 446 g/mol. The minimum atomic E-state index is -1.55. The van der Waals surface area contributed by atoms with Gasteiger partial charge in [0.15, 0.2) is 23.0 Å². The number of hydrogen-bond acceptors (Lipinski definition) is 8. The average molecular weight is 446 g/mol. The van der Waals surface area contributed by atoms with Crippen LogP contribution in [0.1, 0.15) is 22.6 Å². The lowest BCUT2D eigenvalue weighted by atomic mass is 9.70. The van der Waals surface area contributed by atoms with Crippen LogP contribution in [0.2, 0.25) is 0 Å². The highest BCUT2D eigenvalue weighted by Crippen LogP contribution is 2.54. The molecule has 0 saturated carbocycles. The fourth-order valence-corrected chi connectivity index (χ4v) is 3.99. The topological polar surface area (TPSA) is 152 Å². The Labute approximate surface area is 182 Å². The van der Waals surface area contributed by atoms with Crippen LogP contribution >= 0.6 is 0 Å². The third-order valence-electron chi connectivity index (χ3n) is 5.38. The van der Waals surface area contributed by atoms with Crippen molar-refractivity contribution in [2.45, 2.75) is 5.92 Å². The maximum atomic E-state index is 12.3. The molecule has 0 spiro atoms. The van der Waals surface area contributed by atoms with Gasteiger partial charge in [-0.2, -0.15) is 0 Å². The fourth-order valence-electron chi connectivity index (χ4n) is 3.99. The molecule has 2 aromatic rings. The number of phenols is 2. The first-order valence-corrected chi connectivity index (χ1v) is 9.30. The number of carbonyl (C=O) groups is 2. The van der Waals surface area contributed by atoms with Crippen LogP contribution in [0.15, 0.2) is 23.8 Å². The van der Waals surface area contributed by atoms with Crippen molar-refractivity contribution in [1.29, 1.82) is 0 Å². The Morgan fingerprint density at radius 3 is 1.78 bits per heavy atom. The maximum Gasteiger partial charge on any atom is 0.332 e. The third kappa shape index (κ3) is 3.49. The zero-order valence-electron chi connectivity index (χ0n) is 17.7. The Balaban J connectivity index is 2.46. The quantitative estimate of drug-likeness (QED) is 0.499. The van der Waals surface area contributed by atoms with Gasteiger partial charge in [-0.15, -0.1) is 0 Å². The Bertz CT molecular complexity index is 1090. The van der Waals surface area contributed by atoms with Gasteiger partial charge in [-0.05, 0) is 35.4 Å². The van der Waals surface area contributed by atoms with E-state index in [0.717, 1.165) is 0 Å². The van der Waals surface area contributed by atoms with E-state index in [-0.39, 0.29) is 51.2 Å². The normalized spacial score (nSPS) is 17.1. The molecule has 170 valence electrons. The number of aliphatic carboxylic acids is 2. The van der Waals surface area contributed by atoms with Crippen molar-refractivity contribution in [3.8, 4) is 34.5 Å². The summed E-state index contributed by atoms with van der Waals surface area (Å²) in [6.45, 7) is 0. The molecule has 1 aliphatic rings. The highest BCUT2D eigenvalue weighted by molar-refractivity contribution is 6.01. The van der Waals surface area contributed by atoms with E-state index >= 15 is 0 Å². The number of benzene rings is 2. The molecule has 0 aromatic heterocycles. The van der Waals surface area contributed by atoms with E-state index in [0.29, 0.717) is 5.56 Å². The van der Waals surface area contributed by atoms with Crippen LogP contribution in [0.3, 0.4) is 0 Å². The number of methoxy groups -OCH3 is 4. The van der Waals surface area contributed by atoms with Gasteiger partial charge in [0, 0.05) is 11.5 Å². The SMILES string of the molecule is COc1cc([C@H]2c3c(cc(OC)c(O)c3OC)C=C(C(=O)O)[C@@H]2C(=O)O)cc(OC)c1O. The molecule has 10 nitrogen and oxygen atoms in total. The first kappa shape index (κ1) is 22.6. The number of aromatic hydroxyl groups is 2. The van der Waals surface area contributed by atoms with Crippen LogP contribution in [-0.2, 0) is 9.59 Å². The number of hydrogen-bond donors (Lipinski definition) is 4. The number of ether oxygens (including phenoxy) is 4. The van der Waals surface area contributed by atoms with Crippen LogP contribution in [0.5, 0.6) is 34.5 Å². The van der Waals surface area contributed by atoms with Crippen molar-refractivity contribution in [1.82, 2.24) is 0 Å². The first-order valence-electron chi connectivity index (χ1n) is 9.30. The summed E-state index contributed by atoms with van der Waals surface area (Å²) in [7, 11) is 5.22.